The smallest absolute Gasteiger partial charge is 0.396 e. The van der Waals surface area contributed by atoms with Crippen LogP contribution in [-0.4, -0.2) is 40.2 Å². The molecule has 0 atom stereocenters. The van der Waals surface area contributed by atoms with Gasteiger partial charge in [-0.2, -0.15) is 13.2 Å². The summed E-state index contributed by atoms with van der Waals surface area (Å²) in [5.74, 6) is 0.0100. The maximum absolute atomic E-state index is 13.1. The van der Waals surface area contributed by atoms with Gasteiger partial charge in [-0.15, -0.1) is 0 Å². The zero-order valence-electron chi connectivity index (χ0n) is 17.9. The van der Waals surface area contributed by atoms with Gasteiger partial charge in [-0.05, 0) is 60.0 Å². The Labute approximate surface area is 199 Å². The zero-order valence-corrected chi connectivity index (χ0v) is 19.4. The molecule has 1 aromatic heterocycles. The Kier molecular flexibility index (Phi) is 6.67. The number of hydrogen-bond acceptors (Lipinski definition) is 2. The van der Waals surface area contributed by atoms with E-state index in [9.17, 15) is 23.1 Å². The number of nitrogens with zero attached hydrogens (tertiary/aromatic N) is 2. The molecule has 9 heteroatoms. The number of carbonyl (C=O) groups is 1. The van der Waals surface area contributed by atoms with Gasteiger partial charge >= 0.3 is 6.18 Å². The molecule has 4 rings (SSSR count). The van der Waals surface area contributed by atoms with E-state index in [4.69, 9.17) is 23.2 Å². The molecule has 0 saturated carbocycles. The summed E-state index contributed by atoms with van der Waals surface area (Å²) in [6.07, 6.45) is -2.70. The van der Waals surface area contributed by atoms with E-state index in [1.165, 1.54) is 6.07 Å². The molecule has 1 aliphatic rings. The zero-order chi connectivity index (χ0) is 23.9. The van der Waals surface area contributed by atoms with Gasteiger partial charge in [0.25, 0.3) is 5.91 Å². The topological polar surface area (TPSA) is 45.5 Å². The molecule has 0 radical (unpaired) electrons. The molecule has 2 heterocycles. The SMILES string of the molecule is Cn1c(Cc2c(Cl)ccc(C(=O)N3CCC(CO)CC3)c2Cl)cc2ccc(C(F)(F)F)cc21. The number of aliphatic hydroxyl groups is 1. The van der Waals surface area contributed by atoms with E-state index in [1.54, 1.807) is 34.7 Å². The number of carbonyl (C=O) groups excluding carboxylic acids is 1. The molecule has 0 spiro atoms. The average Bonchev–Trinajstić information content (AvgIpc) is 3.10. The minimum Gasteiger partial charge on any atom is -0.396 e. The molecule has 0 unspecified atom stereocenters. The minimum atomic E-state index is -4.43. The number of amides is 1. The van der Waals surface area contributed by atoms with Crippen LogP contribution in [-0.2, 0) is 19.6 Å². The van der Waals surface area contributed by atoms with Gasteiger partial charge < -0.3 is 14.6 Å². The van der Waals surface area contributed by atoms with Crippen molar-refractivity contribution < 1.29 is 23.1 Å². The van der Waals surface area contributed by atoms with Gasteiger partial charge in [-0.3, -0.25) is 4.79 Å². The molecule has 1 N–H and O–H groups in total. The third-order valence-corrected chi connectivity index (χ3v) is 7.19. The predicted octanol–water partition coefficient (Wildman–Crippen LogP) is 5.94. The van der Waals surface area contributed by atoms with Crippen LogP contribution in [0.2, 0.25) is 10.0 Å². The first-order valence-electron chi connectivity index (χ1n) is 10.6. The molecule has 1 amide bonds. The number of halogens is 5. The fourth-order valence-corrected chi connectivity index (χ4v) is 4.91. The standard InChI is InChI=1S/C24H23Cl2F3N2O2/c1-30-17(10-15-2-3-16(11-21(15)30)24(27,28)29)12-19-20(25)5-4-18(22(19)26)23(33)31-8-6-14(13-32)7-9-31/h2-5,10-11,14,32H,6-9,12-13H2,1H3. The number of piperidine rings is 1. The Morgan fingerprint density at radius 2 is 1.82 bits per heavy atom. The van der Waals surface area contributed by atoms with Crippen LogP contribution < -0.4 is 0 Å². The van der Waals surface area contributed by atoms with Crippen molar-refractivity contribution in [3.8, 4) is 0 Å². The molecule has 0 aliphatic carbocycles. The van der Waals surface area contributed by atoms with Gasteiger partial charge in [0.15, 0.2) is 0 Å². The number of hydrogen-bond donors (Lipinski definition) is 1. The van der Waals surface area contributed by atoms with Crippen LogP contribution >= 0.6 is 23.2 Å². The predicted molar refractivity (Wildman–Crippen MR) is 123 cm³/mol. The van der Waals surface area contributed by atoms with E-state index >= 15 is 0 Å². The second-order valence-electron chi connectivity index (χ2n) is 8.45. The number of rotatable bonds is 4. The molecular weight excluding hydrogens is 476 g/mol. The van der Waals surface area contributed by atoms with E-state index < -0.39 is 11.7 Å². The van der Waals surface area contributed by atoms with Crippen LogP contribution in [0.25, 0.3) is 10.9 Å². The van der Waals surface area contributed by atoms with Crippen LogP contribution in [0.3, 0.4) is 0 Å². The lowest BCUT2D eigenvalue weighted by molar-refractivity contribution is -0.137. The van der Waals surface area contributed by atoms with Crippen molar-refractivity contribution >= 4 is 40.0 Å². The molecule has 4 nitrogen and oxygen atoms in total. The number of aliphatic hydroxyl groups excluding tert-OH is 1. The fourth-order valence-electron chi connectivity index (χ4n) is 4.33. The average molecular weight is 499 g/mol. The Morgan fingerprint density at radius 1 is 1.12 bits per heavy atom. The number of benzene rings is 2. The van der Waals surface area contributed by atoms with Crippen molar-refractivity contribution in [1.29, 1.82) is 0 Å². The third-order valence-electron chi connectivity index (χ3n) is 6.41. The number of aryl methyl sites for hydroxylation is 1. The van der Waals surface area contributed by atoms with E-state index in [0.29, 0.717) is 40.1 Å². The van der Waals surface area contributed by atoms with E-state index in [2.05, 4.69) is 0 Å². The first-order chi connectivity index (χ1) is 15.6. The largest absolute Gasteiger partial charge is 0.416 e. The molecular formula is C24H23Cl2F3N2O2. The van der Waals surface area contributed by atoms with Gasteiger partial charge in [-0.1, -0.05) is 29.3 Å². The lowest BCUT2D eigenvalue weighted by Crippen LogP contribution is -2.39. The van der Waals surface area contributed by atoms with Gasteiger partial charge in [0, 0.05) is 49.4 Å². The van der Waals surface area contributed by atoms with E-state index in [0.717, 1.165) is 30.7 Å². The molecule has 1 saturated heterocycles. The lowest BCUT2D eigenvalue weighted by Gasteiger charge is -2.31. The van der Waals surface area contributed by atoms with E-state index in [-0.39, 0.29) is 29.9 Å². The molecule has 1 aliphatic heterocycles. The number of aromatic nitrogens is 1. The van der Waals surface area contributed by atoms with E-state index in [1.807, 2.05) is 0 Å². The van der Waals surface area contributed by atoms with Gasteiger partial charge in [0.1, 0.15) is 0 Å². The second-order valence-corrected chi connectivity index (χ2v) is 9.23. The van der Waals surface area contributed by atoms with Gasteiger partial charge in [0.2, 0.25) is 0 Å². The van der Waals surface area contributed by atoms with Gasteiger partial charge in [0.05, 0.1) is 16.1 Å². The normalized spacial score (nSPS) is 15.4. The van der Waals surface area contributed by atoms with Crippen molar-refractivity contribution in [3.63, 3.8) is 0 Å². The lowest BCUT2D eigenvalue weighted by atomic mass is 9.97. The van der Waals surface area contributed by atoms with Crippen molar-refractivity contribution in [2.24, 2.45) is 13.0 Å². The highest BCUT2D eigenvalue weighted by molar-refractivity contribution is 6.38. The summed E-state index contributed by atoms with van der Waals surface area (Å²) in [6.45, 7) is 1.20. The van der Waals surface area contributed by atoms with Gasteiger partial charge in [-0.25, -0.2) is 0 Å². The Bertz CT molecular complexity index is 1200. The molecule has 176 valence electrons. The van der Waals surface area contributed by atoms with Crippen LogP contribution in [0, 0.1) is 5.92 Å². The van der Waals surface area contributed by atoms with Crippen molar-refractivity contribution in [1.82, 2.24) is 9.47 Å². The third kappa shape index (κ3) is 4.72. The van der Waals surface area contributed by atoms with Crippen LogP contribution in [0.15, 0.2) is 36.4 Å². The highest BCUT2D eigenvalue weighted by Crippen LogP contribution is 2.35. The van der Waals surface area contributed by atoms with Crippen molar-refractivity contribution in [3.05, 3.63) is 68.8 Å². The molecule has 3 aromatic rings. The van der Waals surface area contributed by atoms with Crippen LogP contribution in [0.1, 0.15) is 40.0 Å². The Balaban J connectivity index is 1.64. The summed E-state index contributed by atoms with van der Waals surface area (Å²) in [5, 5.41) is 10.6. The summed E-state index contributed by atoms with van der Waals surface area (Å²) in [4.78, 5) is 14.8. The monoisotopic (exact) mass is 498 g/mol. The first-order valence-corrected chi connectivity index (χ1v) is 11.4. The maximum atomic E-state index is 13.1. The highest BCUT2D eigenvalue weighted by Gasteiger charge is 2.31. The fraction of sp³-hybridized carbons (Fsp3) is 0.375. The van der Waals surface area contributed by atoms with Crippen molar-refractivity contribution in [2.45, 2.75) is 25.4 Å². The summed E-state index contributed by atoms with van der Waals surface area (Å²) in [5.41, 5.74) is 1.36. The summed E-state index contributed by atoms with van der Waals surface area (Å²) >= 11 is 13.1. The maximum Gasteiger partial charge on any atom is 0.416 e. The minimum absolute atomic E-state index is 0.114. The Morgan fingerprint density at radius 3 is 2.45 bits per heavy atom. The molecule has 33 heavy (non-hydrogen) atoms. The molecule has 0 bridgehead atoms. The van der Waals surface area contributed by atoms with Crippen molar-refractivity contribution in [2.75, 3.05) is 19.7 Å². The first kappa shape index (κ1) is 23.9. The highest BCUT2D eigenvalue weighted by atomic mass is 35.5. The number of fused-ring (bicyclic) bond motifs is 1. The summed E-state index contributed by atoms with van der Waals surface area (Å²) < 4.78 is 41.1. The summed E-state index contributed by atoms with van der Waals surface area (Å²) in [6, 6.07) is 8.66. The second kappa shape index (κ2) is 9.20. The number of likely N-dealkylation sites (tertiary alicyclic amines) is 1. The quantitative estimate of drug-likeness (QED) is 0.483. The molecule has 2 aromatic carbocycles. The Hall–Kier alpha value is -2.22. The molecule has 1 fully saturated rings. The van der Waals surface area contributed by atoms with Crippen LogP contribution in [0.4, 0.5) is 13.2 Å². The summed E-state index contributed by atoms with van der Waals surface area (Å²) in [7, 11) is 1.69. The number of alkyl halides is 3. The van der Waals surface area contributed by atoms with Crippen LogP contribution in [0.5, 0.6) is 0 Å².